The Labute approximate surface area is 136 Å². The summed E-state index contributed by atoms with van der Waals surface area (Å²) in [6.45, 7) is 3.83. The van der Waals surface area contributed by atoms with Crippen molar-refractivity contribution < 1.29 is 18.9 Å². The fraction of sp³-hybridized carbons (Fsp3) is 0.0667. The van der Waals surface area contributed by atoms with Crippen LogP contribution in [0.25, 0.3) is 0 Å². The van der Waals surface area contributed by atoms with Crippen LogP contribution in [-0.4, -0.2) is 23.4 Å². The number of rotatable bonds is 6. The van der Waals surface area contributed by atoms with Crippen LogP contribution < -0.4 is 16.0 Å². The number of furan rings is 1. The maximum atomic E-state index is 11.9. The molecular weight excluding hydrogens is 316 g/mol. The fourth-order valence-corrected chi connectivity index (χ4v) is 1.72. The standard InChI is InChI=1S/C15H14N4O5/c1-2-9-16-15(21)18-11-5-3-10(4-6-11)17-14(20)12-7-8-13(24-12)19(22)23/h2-8H,1,9H2,(H,17,20)(H2,16,18,21). The number of hydrogen-bond acceptors (Lipinski definition) is 5. The van der Waals surface area contributed by atoms with Gasteiger partial charge in [0.15, 0.2) is 5.76 Å². The number of benzene rings is 1. The third-order valence-corrected chi connectivity index (χ3v) is 2.80. The molecule has 0 saturated carbocycles. The van der Waals surface area contributed by atoms with Crippen molar-refractivity contribution in [1.82, 2.24) is 5.32 Å². The number of nitro groups is 1. The number of anilines is 2. The van der Waals surface area contributed by atoms with E-state index in [4.69, 9.17) is 4.42 Å². The quantitative estimate of drug-likeness (QED) is 0.426. The zero-order chi connectivity index (χ0) is 17.5. The SMILES string of the molecule is C=CCNC(=O)Nc1ccc(NC(=O)c2ccc([N+](=O)[O-])o2)cc1. The summed E-state index contributed by atoms with van der Waals surface area (Å²) < 4.78 is 4.81. The highest BCUT2D eigenvalue weighted by Crippen LogP contribution is 2.18. The van der Waals surface area contributed by atoms with Crippen molar-refractivity contribution in [3.05, 3.63) is 64.9 Å². The van der Waals surface area contributed by atoms with Crippen LogP contribution in [-0.2, 0) is 0 Å². The number of urea groups is 1. The van der Waals surface area contributed by atoms with Crippen LogP contribution in [0.3, 0.4) is 0 Å². The molecule has 0 saturated heterocycles. The highest BCUT2D eigenvalue weighted by molar-refractivity contribution is 6.02. The molecule has 0 aliphatic rings. The molecule has 0 aliphatic carbocycles. The van der Waals surface area contributed by atoms with Gasteiger partial charge in [-0.2, -0.15) is 0 Å². The first kappa shape index (κ1) is 16.7. The number of nitrogens with one attached hydrogen (secondary N) is 3. The molecule has 1 heterocycles. The van der Waals surface area contributed by atoms with Gasteiger partial charge < -0.3 is 20.4 Å². The number of hydrogen-bond donors (Lipinski definition) is 3. The third-order valence-electron chi connectivity index (χ3n) is 2.80. The summed E-state index contributed by atoms with van der Waals surface area (Å²) in [5.41, 5.74) is 0.972. The van der Waals surface area contributed by atoms with Crippen molar-refractivity contribution in [1.29, 1.82) is 0 Å². The van der Waals surface area contributed by atoms with Gasteiger partial charge in [0.2, 0.25) is 0 Å². The fourth-order valence-electron chi connectivity index (χ4n) is 1.72. The lowest BCUT2D eigenvalue weighted by Crippen LogP contribution is -2.28. The van der Waals surface area contributed by atoms with Gasteiger partial charge >= 0.3 is 11.9 Å². The van der Waals surface area contributed by atoms with Crippen molar-refractivity contribution in [3.63, 3.8) is 0 Å². The Hall–Kier alpha value is -3.62. The van der Waals surface area contributed by atoms with Gasteiger partial charge in [0, 0.05) is 17.9 Å². The van der Waals surface area contributed by atoms with Gasteiger partial charge in [-0.1, -0.05) is 6.08 Å². The summed E-state index contributed by atoms with van der Waals surface area (Å²) in [7, 11) is 0. The molecule has 0 aliphatic heterocycles. The molecule has 0 spiro atoms. The van der Waals surface area contributed by atoms with Crippen LogP contribution in [0.4, 0.5) is 22.1 Å². The molecule has 1 aromatic carbocycles. The molecule has 3 amide bonds. The summed E-state index contributed by atoms with van der Waals surface area (Å²) in [5.74, 6) is -1.30. The largest absolute Gasteiger partial charge is 0.433 e. The van der Waals surface area contributed by atoms with Gasteiger partial charge in [0.05, 0.1) is 6.07 Å². The summed E-state index contributed by atoms with van der Waals surface area (Å²) in [6, 6.07) is 8.25. The monoisotopic (exact) mass is 330 g/mol. The second-order valence-corrected chi connectivity index (χ2v) is 4.55. The smallest absolute Gasteiger partial charge is 0.395 e. The topological polar surface area (TPSA) is 127 Å². The maximum Gasteiger partial charge on any atom is 0.433 e. The molecule has 0 unspecified atom stereocenters. The van der Waals surface area contributed by atoms with Gasteiger partial charge in [-0.3, -0.25) is 14.9 Å². The van der Waals surface area contributed by atoms with E-state index in [1.807, 2.05) is 0 Å². The Balaban J connectivity index is 1.95. The Bertz CT molecular complexity index is 766. The van der Waals surface area contributed by atoms with Crippen LogP contribution in [0.15, 0.2) is 53.5 Å². The van der Waals surface area contributed by atoms with Crippen molar-refractivity contribution in [3.8, 4) is 0 Å². The lowest BCUT2D eigenvalue weighted by molar-refractivity contribution is -0.402. The van der Waals surface area contributed by atoms with Crippen molar-refractivity contribution >= 4 is 29.2 Å². The van der Waals surface area contributed by atoms with Gasteiger partial charge in [-0.05, 0) is 30.3 Å². The van der Waals surface area contributed by atoms with E-state index in [1.54, 1.807) is 30.3 Å². The maximum absolute atomic E-state index is 11.9. The lowest BCUT2D eigenvalue weighted by atomic mass is 10.2. The molecule has 2 aromatic rings. The molecule has 24 heavy (non-hydrogen) atoms. The molecule has 0 bridgehead atoms. The molecule has 9 heteroatoms. The average molecular weight is 330 g/mol. The molecule has 0 atom stereocenters. The summed E-state index contributed by atoms with van der Waals surface area (Å²) >= 11 is 0. The number of carbonyl (C=O) groups is 2. The zero-order valence-electron chi connectivity index (χ0n) is 12.4. The Morgan fingerprint density at radius 2 is 1.75 bits per heavy atom. The van der Waals surface area contributed by atoms with Crippen LogP contribution >= 0.6 is 0 Å². The van der Waals surface area contributed by atoms with Gasteiger partial charge in [0.1, 0.15) is 4.92 Å². The van der Waals surface area contributed by atoms with E-state index in [2.05, 4.69) is 22.5 Å². The van der Waals surface area contributed by atoms with Crippen molar-refractivity contribution in [2.45, 2.75) is 0 Å². The summed E-state index contributed by atoms with van der Waals surface area (Å²) in [4.78, 5) is 33.2. The first-order valence-electron chi connectivity index (χ1n) is 6.81. The van der Waals surface area contributed by atoms with E-state index >= 15 is 0 Å². The van der Waals surface area contributed by atoms with Gasteiger partial charge in [-0.15, -0.1) is 6.58 Å². The minimum absolute atomic E-state index is 0.173. The summed E-state index contributed by atoms with van der Waals surface area (Å²) in [5, 5.41) is 18.2. The van der Waals surface area contributed by atoms with Crippen LogP contribution in [0.1, 0.15) is 10.6 Å². The van der Waals surface area contributed by atoms with Crippen LogP contribution in [0, 0.1) is 10.1 Å². The zero-order valence-corrected chi connectivity index (χ0v) is 12.4. The summed E-state index contributed by atoms with van der Waals surface area (Å²) in [6.07, 6.45) is 1.55. The molecule has 0 radical (unpaired) electrons. The second kappa shape index (κ2) is 7.58. The highest BCUT2D eigenvalue weighted by Gasteiger charge is 2.17. The molecule has 3 N–H and O–H groups in total. The van der Waals surface area contributed by atoms with Crippen LogP contribution in [0.5, 0.6) is 0 Å². The number of nitrogens with zero attached hydrogens (tertiary/aromatic N) is 1. The minimum Gasteiger partial charge on any atom is -0.395 e. The molecule has 2 rings (SSSR count). The molecule has 0 fully saturated rings. The van der Waals surface area contributed by atoms with E-state index in [1.165, 1.54) is 6.07 Å². The Morgan fingerprint density at radius 1 is 1.12 bits per heavy atom. The molecular formula is C15H14N4O5. The van der Waals surface area contributed by atoms with Crippen LogP contribution in [0.2, 0.25) is 0 Å². The van der Waals surface area contributed by atoms with Crippen molar-refractivity contribution in [2.24, 2.45) is 0 Å². The third kappa shape index (κ3) is 4.44. The average Bonchev–Trinajstić information content (AvgIpc) is 3.05. The Kier molecular flexibility index (Phi) is 5.29. The second-order valence-electron chi connectivity index (χ2n) is 4.55. The first-order valence-corrected chi connectivity index (χ1v) is 6.81. The van der Waals surface area contributed by atoms with E-state index in [0.29, 0.717) is 17.9 Å². The van der Waals surface area contributed by atoms with E-state index < -0.39 is 16.7 Å². The predicted molar refractivity (Wildman–Crippen MR) is 87.0 cm³/mol. The lowest BCUT2D eigenvalue weighted by Gasteiger charge is -2.07. The molecule has 124 valence electrons. The highest BCUT2D eigenvalue weighted by atomic mass is 16.6. The number of carbonyl (C=O) groups excluding carboxylic acids is 2. The van der Waals surface area contributed by atoms with E-state index in [-0.39, 0.29) is 11.8 Å². The first-order chi connectivity index (χ1) is 11.5. The van der Waals surface area contributed by atoms with Gasteiger partial charge in [0.25, 0.3) is 5.91 Å². The Morgan fingerprint density at radius 3 is 2.29 bits per heavy atom. The molecule has 9 nitrogen and oxygen atoms in total. The van der Waals surface area contributed by atoms with Gasteiger partial charge in [-0.25, -0.2) is 4.79 Å². The van der Waals surface area contributed by atoms with Crippen molar-refractivity contribution in [2.75, 3.05) is 17.2 Å². The molecule has 1 aromatic heterocycles. The predicted octanol–water partition coefficient (Wildman–Crippen LogP) is 2.75. The van der Waals surface area contributed by atoms with E-state index in [9.17, 15) is 19.7 Å². The minimum atomic E-state index is -0.728. The normalized spacial score (nSPS) is 9.83. The van der Waals surface area contributed by atoms with E-state index in [0.717, 1.165) is 6.07 Å². The number of amides is 3.